The topological polar surface area (TPSA) is 70.4 Å². The molecule has 1 aromatic rings. The lowest BCUT2D eigenvalue weighted by Crippen LogP contribution is -2.40. The molecule has 96 valence electrons. The van der Waals surface area contributed by atoms with E-state index in [1.165, 1.54) is 22.5 Å². The van der Waals surface area contributed by atoms with Crippen molar-refractivity contribution in [1.29, 1.82) is 5.26 Å². The molecular weight excluding hydrogens is 276 g/mol. The average molecular weight is 287 g/mol. The second-order valence-corrected chi connectivity index (χ2v) is 6.12. The zero-order valence-electron chi connectivity index (χ0n) is 9.47. The molecule has 0 saturated carbocycles. The van der Waals surface area contributed by atoms with Crippen LogP contribution in [-0.4, -0.2) is 39.0 Å². The Labute approximate surface area is 111 Å². The number of hydrogen-bond donors (Lipinski definition) is 0. The van der Waals surface area contributed by atoms with E-state index >= 15 is 0 Å². The predicted octanol–water partition coefficient (Wildman–Crippen LogP) is 1.23. The summed E-state index contributed by atoms with van der Waals surface area (Å²) in [5, 5.41) is 9.10. The summed E-state index contributed by atoms with van der Waals surface area (Å²) < 4.78 is 31.0. The Kier molecular flexibility index (Phi) is 3.88. The van der Waals surface area contributed by atoms with Crippen molar-refractivity contribution in [3.63, 3.8) is 0 Å². The normalized spacial score (nSPS) is 17.3. The lowest BCUT2D eigenvalue weighted by Gasteiger charge is -2.26. The summed E-state index contributed by atoms with van der Waals surface area (Å²) in [6.07, 6.45) is 0. The third-order valence-electron chi connectivity index (χ3n) is 2.67. The van der Waals surface area contributed by atoms with Gasteiger partial charge < -0.3 is 4.74 Å². The average Bonchev–Trinajstić information content (AvgIpc) is 2.40. The highest BCUT2D eigenvalue weighted by Gasteiger charge is 2.26. The van der Waals surface area contributed by atoms with Crippen LogP contribution >= 0.6 is 11.6 Å². The van der Waals surface area contributed by atoms with Crippen molar-refractivity contribution >= 4 is 21.6 Å². The van der Waals surface area contributed by atoms with Crippen LogP contribution in [0.3, 0.4) is 0 Å². The standard InChI is InChI=1S/C11H11ClN2O3S/c12-11-2-1-10(7-9(11)8-13)18(15,16)14-3-5-17-6-4-14/h1-2,7H,3-6H2. The maximum atomic E-state index is 12.3. The summed E-state index contributed by atoms with van der Waals surface area (Å²) in [6.45, 7) is 1.43. The monoisotopic (exact) mass is 286 g/mol. The molecule has 1 saturated heterocycles. The molecule has 0 unspecified atom stereocenters. The summed E-state index contributed by atoms with van der Waals surface area (Å²) in [4.78, 5) is 0.0883. The predicted molar refractivity (Wildman–Crippen MR) is 65.7 cm³/mol. The molecule has 1 aliphatic heterocycles. The van der Waals surface area contributed by atoms with E-state index in [1.54, 1.807) is 0 Å². The van der Waals surface area contributed by atoms with Crippen LogP contribution < -0.4 is 0 Å². The quantitative estimate of drug-likeness (QED) is 0.820. The van der Waals surface area contributed by atoms with Crippen LogP contribution in [0, 0.1) is 11.3 Å². The Balaban J connectivity index is 2.38. The zero-order valence-corrected chi connectivity index (χ0v) is 11.0. The minimum atomic E-state index is -3.57. The smallest absolute Gasteiger partial charge is 0.243 e. The van der Waals surface area contributed by atoms with Gasteiger partial charge in [-0.15, -0.1) is 0 Å². The molecular formula is C11H11ClN2O3S. The van der Waals surface area contributed by atoms with Gasteiger partial charge in [-0.25, -0.2) is 8.42 Å². The minimum Gasteiger partial charge on any atom is -0.379 e. The Hall–Kier alpha value is -1.13. The largest absolute Gasteiger partial charge is 0.379 e. The van der Waals surface area contributed by atoms with Crippen LogP contribution in [0.25, 0.3) is 0 Å². The lowest BCUT2D eigenvalue weighted by molar-refractivity contribution is 0.0730. The lowest BCUT2D eigenvalue weighted by atomic mass is 10.2. The van der Waals surface area contributed by atoms with Gasteiger partial charge in [0.25, 0.3) is 0 Å². The van der Waals surface area contributed by atoms with Gasteiger partial charge in [0.15, 0.2) is 0 Å². The van der Waals surface area contributed by atoms with Gasteiger partial charge in [-0.2, -0.15) is 9.57 Å². The Morgan fingerprint density at radius 3 is 2.61 bits per heavy atom. The first-order valence-corrected chi connectivity index (χ1v) is 7.15. The molecule has 18 heavy (non-hydrogen) atoms. The van der Waals surface area contributed by atoms with Crippen molar-refractivity contribution in [2.45, 2.75) is 4.90 Å². The molecule has 0 amide bonds. The molecule has 7 heteroatoms. The zero-order chi connectivity index (χ0) is 13.2. The third-order valence-corrected chi connectivity index (χ3v) is 4.89. The van der Waals surface area contributed by atoms with Gasteiger partial charge >= 0.3 is 0 Å². The Morgan fingerprint density at radius 1 is 1.33 bits per heavy atom. The molecule has 0 atom stereocenters. The highest BCUT2D eigenvalue weighted by atomic mass is 35.5. The van der Waals surface area contributed by atoms with E-state index in [4.69, 9.17) is 21.6 Å². The Morgan fingerprint density at radius 2 is 2.00 bits per heavy atom. The molecule has 0 aromatic heterocycles. The first-order chi connectivity index (χ1) is 8.55. The van der Waals surface area contributed by atoms with Gasteiger partial charge in [0, 0.05) is 13.1 Å². The first kappa shape index (κ1) is 13.3. The number of halogens is 1. The van der Waals surface area contributed by atoms with Crippen LogP contribution in [0.15, 0.2) is 23.1 Å². The number of ether oxygens (including phenoxy) is 1. The summed E-state index contributed by atoms with van der Waals surface area (Å²) in [6, 6.07) is 6.00. The minimum absolute atomic E-state index is 0.0883. The molecule has 2 rings (SSSR count). The molecule has 0 bridgehead atoms. The molecule has 1 aliphatic rings. The molecule has 1 fully saturated rings. The van der Waals surface area contributed by atoms with Gasteiger partial charge in [-0.3, -0.25) is 0 Å². The molecule has 0 spiro atoms. The Bertz CT molecular complexity index is 589. The molecule has 1 aromatic carbocycles. The summed E-state index contributed by atoms with van der Waals surface area (Å²) in [5.41, 5.74) is 0.158. The maximum Gasteiger partial charge on any atom is 0.243 e. The SMILES string of the molecule is N#Cc1cc(S(=O)(=O)N2CCOCC2)ccc1Cl. The molecule has 0 N–H and O–H groups in total. The second-order valence-electron chi connectivity index (χ2n) is 3.77. The number of benzene rings is 1. The maximum absolute atomic E-state index is 12.3. The van der Waals surface area contributed by atoms with Gasteiger partial charge in [-0.05, 0) is 18.2 Å². The van der Waals surface area contributed by atoms with Crippen LogP contribution in [0.5, 0.6) is 0 Å². The van der Waals surface area contributed by atoms with Crippen molar-refractivity contribution in [2.24, 2.45) is 0 Å². The van der Waals surface area contributed by atoms with Crippen LogP contribution in [0.4, 0.5) is 0 Å². The van der Waals surface area contributed by atoms with E-state index in [-0.39, 0.29) is 15.5 Å². The summed E-state index contributed by atoms with van der Waals surface area (Å²) in [7, 11) is -3.57. The van der Waals surface area contributed by atoms with Crippen molar-refractivity contribution in [3.05, 3.63) is 28.8 Å². The number of hydrogen-bond acceptors (Lipinski definition) is 4. The van der Waals surface area contributed by atoms with Crippen molar-refractivity contribution in [1.82, 2.24) is 4.31 Å². The number of morpholine rings is 1. The number of nitrogens with zero attached hydrogens (tertiary/aromatic N) is 2. The van der Waals surface area contributed by atoms with Gasteiger partial charge in [0.1, 0.15) is 6.07 Å². The fraction of sp³-hybridized carbons (Fsp3) is 0.364. The first-order valence-electron chi connectivity index (χ1n) is 5.33. The van der Waals surface area contributed by atoms with E-state index in [9.17, 15) is 8.42 Å². The molecule has 5 nitrogen and oxygen atoms in total. The van der Waals surface area contributed by atoms with Crippen LogP contribution in [0.1, 0.15) is 5.56 Å². The molecule has 0 aliphatic carbocycles. The number of nitriles is 1. The summed E-state index contributed by atoms with van der Waals surface area (Å²) in [5.74, 6) is 0. The van der Waals surface area contributed by atoms with E-state index < -0.39 is 10.0 Å². The summed E-state index contributed by atoms with van der Waals surface area (Å²) >= 11 is 5.78. The molecule has 0 radical (unpaired) electrons. The van der Waals surface area contributed by atoms with E-state index in [1.807, 2.05) is 6.07 Å². The third kappa shape index (κ3) is 2.49. The fourth-order valence-electron chi connectivity index (χ4n) is 1.69. The fourth-order valence-corrected chi connectivity index (χ4v) is 3.28. The van der Waals surface area contributed by atoms with E-state index in [0.717, 1.165) is 0 Å². The van der Waals surface area contributed by atoms with E-state index in [2.05, 4.69) is 0 Å². The molecule has 1 heterocycles. The number of rotatable bonds is 2. The number of sulfonamides is 1. The van der Waals surface area contributed by atoms with Crippen LogP contribution in [-0.2, 0) is 14.8 Å². The van der Waals surface area contributed by atoms with Gasteiger partial charge in [0.05, 0.1) is 28.7 Å². The van der Waals surface area contributed by atoms with E-state index in [0.29, 0.717) is 26.3 Å². The van der Waals surface area contributed by atoms with Crippen molar-refractivity contribution in [3.8, 4) is 6.07 Å². The van der Waals surface area contributed by atoms with Crippen LogP contribution in [0.2, 0.25) is 5.02 Å². The van der Waals surface area contributed by atoms with Gasteiger partial charge in [-0.1, -0.05) is 11.6 Å². The highest BCUT2D eigenvalue weighted by Crippen LogP contribution is 2.22. The van der Waals surface area contributed by atoms with Gasteiger partial charge in [0.2, 0.25) is 10.0 Å². The second kappa shape index (κ2) is 5.24. The van der Waals surface area contributed by atoms with Crippen molar-refractivity contribution in [2.75, 3.05) is 26.3 Å². The highest BCUT2D eigenvalue weighted by molar-refractivity contribution is 7.89. The van der Waals surface area contributed by atoms with Crippen molar-refractivity contribution < 1.29 is 13.2 Å².